The molecular weight excluding hydrogens is 304 g/mol. The van der Waals surface area contributed by atoms with Crippen molar-refractivity contribution in [3.63, 3.8) is 0 Å². The molecule has 23 heavy (non-hydrogen) atoms. The van der Waals surface area contributed by atoms with Gasteiger partial charge in [-0.2, -0.15) is 4.98 Å². The molecule has 1 aliphatic rings. The lowest BCUT2D eigenvalue weighted by Gasteiger charge is -2.27. The molecule has 1 aromatic heterocycles. The number of piperidine rings is 1. The Labute approximate surface area is 133 Å². The van der Waals surface area contributed by atoms with Crippen molar-refractivity contribution in [2.24, 2.45) is 5.92 Å². The van der Waals surface area contributed by atoms with Gasteiger partial charge in [-0.25, -0.2) is 8.78 Å². The lowest BCUT2D eigenvalue weighted by molar-refractivity contribution is 0.216. The SMILES string of the molecule is COc1c(F)ccc(-c2nc(CC3CCN(C)CC3)no2)c1F. The molecule has 0 unspecified atom stereocenters. The molecule has 0 amide bonds. The van der Waals surface area contributed by atoms with Crippen LogP contribution in [0.3, 0.4) is 0 Å². The summed E-state index contributed by atoms with van der Waals surface area (Å²) >= 11 is 0. The Hall–Kier alpha value is -2.02. The van der Waals surface area contributed by atoms with Crippen LogP contribution in [0, 0.1) is 17.6 Å². The highest BCUT2D eigenvalue weighted by atomic mass is 19.1. The van der Waals surface area contributed by atoms with E-state index in [1.54, 1.807) is 0 Å². The number of ether oxygens (including phenoxy) is 1. The van der Waals surface area contributed by atoms with Gasteiger partial charge >= 0.3 is 0 Å². The molecule has 2 heterocycles. The quantitative estimate of drug-likeness (QED) is 0.866. The van der Waals surface area contributed by atoms with Gasteiger partial charge in [0.1, 0.15) is 0 Å². The van der Waals surface area contributed by atoms with Crippen LogP contribution in [0.4, 0.5) is 8.78 Å². The zero-order chi connectivity index (χ0) is 16.4. The van der Waals surface area contributed by atoms with E-state index in [2.05, 4.69) is 22.1 Å². The molecule has 0 saturated carbocycles. The van der Waals surface area contributed by atoms with Crippen LogP contribution in [0.25, 0.3) is 11.5 Å². The van der Waals surface area contributed by atoms with Gasteiger partial charge in [-0.15, -0.1) is 0 Å². The van der Waals surface area contributed by atoms with Crippen molar-refractivity contribution in [2.45, 2.75) is 19.3 Å². The van der Waals surface area contributed by atoms with Gasteiger partial charge in [-0.1, -0.05) is 5.16 Å². The molecule has 1 fully saturated rings. The predicted molar refractivity (Wildman–Crippen MR) is 80.1 cm³/mol. The van der Waals surface area contributed by atoms with Gasteiger partial charge in [0.15, 0.2) is 23.2 Å². The van der Waals surface area contributed by atoms with Crippen molar-refractivity contribution >= 4 is 0 Å². The lowest BCUT2D eigenvalue weighted by atomic mass is 9.94. The predicted octanol–water partition coefficient (Wildman–Crippen LogP) is 2.91. The van der Waals surface area contributed by atoms with Gasteiger partial charge in [0, 0.05) is 6.42 Å². The first-order valence-electron chi connectivity index (χ1n) is 7.62. The molecular formula is C16H19F2N3O2. The Kier molecular flexibility index (Phi) is 4.56. The second-order valence-corrected chi connectivity index (χ2v) is 5.91. The van der Waals surface area contributed by atoms with Crippen molar-refractivity contribution in [1.29, 1.82) is 0 Å². The molecule has 3 rings (SSSR count). The molecule has 5 nitrogen and oxygen atoms in total. The average molecular weight is 323 g/mol. The van der Waals surface area contributed by atoms with E-state index in [9.17, 15) is 8.78 Å². The van der Waals surface area contributed by atoms with Crippen molar-refractivity contribution in [2.75, 3.05) is 27.2 Å². The van der Waals surface area contributed by atoms with Crippen LogP contribution in [0.15, 0.2) is 16.7 Å². The second kappa shape index (κ2) is 6.62. The van der Waals surface area contributed by atoms with E-state index in [1.165, 1.54) is 13.2 Å². The minimum absolute atomic E-state index is 0.0451. The number of hydrogen-bond acceptors (Lipinski definition) is 5. The summed E-state index contributed by atoms with van der Waals surface area (Å²) in [6.45, 7) is 2.11. The highest BCUT2D eigenvalue weighted by molar-refractivity contribution is 5.57. The van der Waals surface area contributed by atoms with E-state index in [0.717, 1.165) is 32.0 Å². The Balaban J connectivity index is 1.77. The minimum atomic E-state index is -0.831. The summed E-state index contributed by atoms with van der Waals surface area (Å²) in [6, 6.07) is 2.40. The molecule has 0 radical (unpaired) electrons. The van der Waals surface area contributed by atoms with E-state index in [-0.39, 0.29) is 11.5 Å². The largest absolute Gasteiger partial charge is 0.491 e. The Morgan fingerprint density at radius 2 is 2.04 bits per heavy atom. The molecule has 0 atom stereocenters. The fourth-order valence-corrected chi connectivity index (χ4v) is 2.86. The zero-order valence-corrected chi connectivity index (χ0v) is 13.2. The molecule has 0 N–H and O–H groups in total. The Morgan fingerprint density at radius 3 is 2.74 bits per heavy atom. The maximum Gasteiger partial charge on any atom is 0.261 e. The van der Waals surface area contributed by atoms with E-state index in [1.807, 2.05) is 0 Å². The normalized spacial score (nSPS) is 16.7. The second-order valence-electron chi connectivity index (χ2n) is 5.91. The van der Waals surface area contributed by atoms with Gasteiger partial charge in [-0.3, -0.25) is 0 Å². The minimum Gasteiger partial charge on any atom is -0.491 e. The number of nitrogens with zero attached hydrogens (tertiary/aromatic N) is 3. The molecule has 1 aliphatic heterocycles. The summed E-state index contributed by atoms with van der Waals surface area (Å²) in [7, 11) is 3.32. The third kappa shape index (κ3) is 3.34. The standard InChI is InChI=1S/C16H19F2N3O2/c1-21-7-5-10(6-8-21)9-13-19-16(23-20-13)11-3-4-12(17)15(22-2)14(11)18/h3-4,10H,5-9H2,1-2H3. The lowest BCUT2D eigenvalue weighted by Crippen LogP contribution is -2.31. The summed E-state index contributed by atoms with van der Waals surface area (Å²) in [6.07, 6.45) is 2.87. The summed E-state index contributed by atoms with van der Waals surface area (Å²) in [5.74, 6) is -0.940. The Bertz CT molecular complexity index is 682. The number of methoxy groups -OCH3 is 1. The number of rotatable bonds is 4. The van der Waals surface area contributed by atoms with Gasteiger partial charge in [0.25, 0.3) is 5.89 Å². The van der Waals surface area contributed by atoms with Crippen LogP contribution in [0.5, 0.6) is 5.75 Å². The van der Waals surface area contributed by atoms with Crippen molar-refractivity contribution in [3.8, 4) is 17.2 Å². The van der Waals surface area contributed by atoms with Crippen LogP contribution in [-0.4, -0.2) is 42.3 Å². The molecule has 1 saturated heterocycles. The first-order chi connectivity index (χ1) is 11.1. The van der Waals surface area contributed by atoms with Crippen molar-refractivity contribution in [1.82, 2.24) is 15.0 Å². The first-order valence-corrected chi connectivity index (χ1v) is 7.62. The maximum atomic E-state index is 14.2. The Morgan fingerprint density at radius 1 is 1.30 bits per heavy atom. The van der Waals surface area contributed by atoms with Gasteiger partial charge < -0.3 is 14.2 Å². The highest BCUT2D eigenvalue weighted by Crippen LogP contribution is 2.30. The van der Waals surface area contributed by atoms with Crippen LogP contribution in [0.1, 0.15) is 18.7 Å². The third-order valence-corrected chi connectivity index (χ3v) is 4.26. The molecule has 0 spiro atoms. The topological polar surface area (TPSA) is 51.4 Å². The number of halogens is 2. The van der Waals surface area contributed by atoms with Gasteiger partial charge in [0.05, 0.1) is 12.7 Å². The van der Waals surface area contributed by atoms with Crippen molar-refractivity contribution in [3.05, 3.63) is 29.6 Å². The van der Waals surface area contributed by atoms with Crippen LogP contribution < -0.4 is 4.74 Å². The number of likely N-dealkylation sites (tertiary alicyclic amines) is 1. The first kappa shape index (κ1) is 15.9. The molecule has 1 aromatic carbocycles. The van der Waals surface area contributed by atoms with Crippen molar-refractivity contribution < 1.29 is 18.0 Å². The average Bonchev–Trinajstić information content (AvgIpc) is 2.98. The highest BCUT2D eigenvalue weighted by Gasteiger charge is 2.22. The summed E-state index contributed by atoms with van der Waals surface area (Å²) in [5.41, 5.74) is 0.0466. The summed E-state index contributed by atoms with van der Waals surface area (Å²) < 4.78 is 37.6. The third-order valence-electron chi connectivity index (χ3n) is 4.26. The van der Waals surface area contributed by atoms with Gasteiger partial charge in [-0.05, 0) is 51.0 Å². The van der Waals surface area contributed by atoms with Gasteiger partial charge in [0.2, 0.25) is 0 Å². The molecule has 0 bridgehead atoms. The van der Waals surface area contributed by atoms with E-state index in [4.69, 9.17) is 9.26 Å². The molecule has 7 heteroatoms. The molecule has 124 valence electrons. The monoisotopic (exact) mass is 323 g/mol. The smallest absolute Gasteiger partial charge is 0.261 e. The fourth-order valence-electron chi connectivity index (χ4n) is 2.86. The zero-order valence-electron chi connectivity index (χ0n) is 13.2. The van der Waals surface area contributed by atoms with Crippen LogP contribution >= 0.6 is 0 Å². The maximum absolute atomic E-state index is 14.2. The van der Waals surface area contributed by atoms with E-state index < -0.39 is 17.4 Å². The molecule has 2 aromatic rings. The fraction of sp³-hybridized carbons (Fsp3) is 0.500. The van der Waals surface area contributed by atoms with E-state index >= 15 is 0 Å². The number of benzene rings is 1. The molecule has 0 aliphatic carbocycles. The van der Waals surface area contributed by atoms with E-state index in [0.29, 0.717) is 18.2 Å². The van der Waals surface area contributed by atoms with Crippen LogP contribution in [-0.2, 0) is 6.42 Å². The number of hydrogen-bond donors (Lipinski definition) is 0. The summed E-state index contributed by atoms with van der Waals surface area (Å²) in [4.78, 5) is 6.54. The summed E-state index contributed by atoms with van der Waals surface area (Å²) in [5, 5.41) is 3.92. The number of aromatic nitrogens is 2. The van der Waals surface area contributed by atoms with Crippen LogP contribution in [0.2, 0.25) is 0 Å².